The smallest absolute Gasteiger partial charge is 0.0411 e. The fourth-order valence-corrected chi connectivity index (χ4v) is 7.59. The van der Waals surface area contributed by atoms with Crippen LogP contribution in [0.4, 0.5) is 0 Å². The van der Waals surface area contributed by atoms with Gasteiger partial charge in [-0.05, 0) is 91.4 Å². The normalized spacial score (nSPS) is 50.1. The van der Waals surface area contributed by atoms with Crippen molar-refractivity contribution in [2.45, 2.75) is 84.6 Å². The zero-order valence-electron chi connectivity index (χ0n) is 15.7. The number of azide groups is 1. The average molecular weight is 328 g/mol. The molecule has 0 amide bonds. The number of allylic oxidation sites excluding steroid dienone is 1. The van der Waals surface area contributed by atoms with Gasteiger partial charge in [-0.15, -0.1) is 0 Å². The quantitative estimate of drug-likeness (QED) is 0.236. The van der Waals surface area contributed by atoms with Gasteiger partial charge in [0.2, 0.25) is 0 Å². The van der Waals surface area contributed by atoms with Crippen LogP contribution in [-0.2, 0) is 0 Å². The van der Waals surface area contributed by atoms with Gasteiger partial charge >= 0.3 is 0 Å². The van der Waals surface area contributed by atoms with Crippen molar-refractivity contribution in [1.29, 1.82) is 0 Å². The summed E-state index contributed by atoms with van der Waals surface area (Å²) in [7, 11) is 0. The molecule has 0 aromatic heterocycles. The fourth-order valence-electron chi connectivity index (χ4n) is 7.59. The summed E-state index contributed by atoms with van der Waals surface area (Å²) in [4.78, 5) is 3.07. The Kier molecular flexibility index (Phi) is 3.99. The molecule has 132 valence electrons. The second-order valence-corrected chi connectivity index (χ2v) is 9.59. The van der Waals surface area contributed by atoms with Crippen LogP contribution in [0.2, 0.25) is 0 Å². The summed E-state index contributed by atoms with van der Waals surface area (Å²) < 4.78 is 0. The molecule has 4 aliphatic rings. The lowest BCUT2D eigenvalue weighted by Crippen LogP contribution is -2.50. The molecule has 3 nitrogen and oxygen atoms in total. The van der Waals surface area contributed by atoms with E-state index in [0.717, 1.165) is 36.5 Å². The van der Waals surface area contributed by atoms with E-state index in [4.69, 9.17) is 5.53 Å². The van der Waals surface area contributed by atoms with Crippen molar-refractivity contribution in [3.05, 3.63) is 22.1 Å². The molecule has 0 bridgehead atoms. The van der Waals surface area contributed by atoms with Crippen LogP contribution >= 0.6 is 0 Å². The van der Waals surface area contributed by atoms with E-state index < -0.39 is 0 Å². The average Bonchev–Trinajstić information content (AvgIpc) is 2.92. The van der Waals surface area contributed by atoms with Crippen LogP contribution in [0.15, 0.2) is 16.8 Å². The number of fused-ring (bicyclic) bond motifs is 5. The Hall–Kier alpha value is -0.950. The van der Waals surface area contributed by atoms with Gasteiger partial charge in [-0.25, -0.2) is 0 Å². The Morgan fingerprint density at radius 3 is 2.75 bits per heavy atom. The largest absolute Gasteiger partial charge is 0.0903 e. The first-order valence-corrected chi connectivity index (χ1v) is 10.3. The third-order valence-corrected chi connectivity index (χ3v) is 8.98. The van der Waals surface area contributed by atoms with Crippen molar-refractivity contribution in [3.63, 3.8) is 0 Å². The fraction of sp³-hybridized carbons (Fsp3) is 0.905. The molecule has 0 radical (unpaired) electrons. The first kappa shape index (κ1) is 16.5. The Bertz CT molecular complexity index is 590. The summed E-state index contributed by atoms with van der Waals surface area (Å²) in [5.74, 6) is 3.69. The first-order chi connectivity index (χ1) is 11.5. The van der Waals surface area contributed by atoms with Gasteiger partial charge in [-0.1, -0.05) is 44.0 Å². The van der Waals surface area contributed by atoms with E-state index in [0.29, 0.717) is 10.8 Å². The Morgan fingerprint density at radius 2 is 2.00 bits per heavy atom. The number of hydrogen-bond donors (Lipinski definition) is 0. The Morgan fingerprint density at radius 1 is 1.17 bits per heavy atom. The van der Waals surface area contributed by atoms with Gasteiger partial charge in [0.25, 0.3) is 0 Å². The van der Waals surface area contributed by atoms with Gasteiger partial charge in [-0.3, -0.25) is 0 Å². The molecule has 0 spiro atoms. The minimum atomic E-state index is 0.204. The van der Waals surface area contributed by atoms with E-state index in [9.17, 15) is 0 Å². The number of hydrogen-bond acceptors (Lipinski definition) is 1. The highest BCUT2D eigenvalue weighted by Gasteiger charge is 2.57. The van der Waals surface area contributed by atoms with E-state index in [1.165, 1.54) is 44.9 Å². The molecule has 0 heterocycles. The van der Waals surface area contributed by atoms with Crippen molar-refractivity contribution < 1.29 is 0 Å². The monoisotopic (exact) mass is 327 g/mol. The molecule has 0 aliphatic heterocycles. The van der Waals surface area contributed by atoms with Crippen molar-refractivity contribution in [2.24, 2.45) is 39.6 Å². The molecule has 3 heteroatoms. The van der Waals surface area contributed by atoms with E-state index in [1.54, 1.807) is 5.57 Å². The van der Waals surface area contributed by atoms with Crippen LogP contribution in [0.5, 0.6) is 0 Å². The first-order valence-electron chi connectivity index (χ1n) is 10.3. The van der Waals surface area contributed by atoms with Crippen molar-refractivity contribution in [1.82, 2.24) is 0 Å². The zero-order chi connectivity index (χ0) is 16.9. The molecule has 4 rings (SSSR count). The SMILES string of the molecule is CC[C@H]1CCC2C3CC=C4C[C@H](N=[N+]=[N-])CC[C@]4(C)C3CC[C@@]21C. The lowest BCUT2D eigenvalue weighted by molar-refractivity contribution is -0.0424. The van der Waals surface area contributed by atoms with Crippen molar-refractivity contribution in [2.75, 3.05) is 0 Å². The minimum absolute atomic E-state index is 0.204. The van der Waals surface area contributed by atoms with Crippen LogP contribution in [0.25, 0.3) is 10.4 Å². The van der Waals surface area contributed by atoms with E-state index in [1.807, 2.05) is 0 Å². The lowest BCUT2D eigenvalue weighted by Gasteiger charge is -2.58. The number of rotatable bonds is 2. The van der Waals surface area contributed by atoms with Crippen LogP contribution < -0.4 is 0 Å². The van der Waals surface area contributed by atoms with Crippen molar-refractivity contribution in [3.8, 4) is 0 Å². The van der Waals surface area contributed by atoms with Gasteiger partial charge < -0.3 is 0 Å². The third-order valence-electron chi connectivity index (χ3n) is 8.98. The van der Waals surface area contributed by atoms with Crippen LogP contribution in [0, 0.1) is 34.5 Å². The molecular formula is C21H33N3. The highest BCUT2D eigenvalue weighted by Crippen LogP contribution is 2.66. The maximum absolute atomic E-state index is 8.78. The lowest BCUT2D eigenvalue weighted by atomic mass is 9.47. The second-order valence-electron chi connectivity index (χ2n) is 9.59. The molecule has 0 aromatic rings. The predicted octanol–water partition coefficient (Wildman–Crippen LogP) is 6.65. The molecule has 7 atom stereocenters. The molecule has 4 aliphatic carbocycles. The summed E-state index contributed by atoms with van der Waals surface area (Å²) in [6.07, 6.45) is 14.4. The highest BCUT2D eigenvalue weighted by atomic mass is 15.1. The summed E-state index contributed by atoms with van der Waals surface area (Å²) in [5.41, 5.74) is 11.4. The van der Waals surface area contributed by atoms with E-state index in [-0.39, 0.29) is 6.04 Å². The third kappa shape index (κ3) is 2.20. The molecule has 24 heavy (non-hydrogen) atoms. The highest BCUT2D eigenvalue weighted by molar-refractivity contribution is 5.25. The van der Waals surface area contributed by atoms with E-state index >= 15 is 0 Å². The molecule has 0 N–H and O–H groups in total. The van der Waals surface area contributed by atoms with Crippen LogP contribution in [0.1, 0.15) is 78.6 Å². The molecule has 3 unspecified atom stereocenters. The molecular weight excluding hydrogens is 294 g/mol. The second kappa shape index (κ2) is 5.80. The summed E-state index contributed by atoms with van der Waals surface area (Å²) in [6.45, 7) is 7.56. The van der Waals surface area contributed by atoms with Gasteiger partial charge in [-0.2, -0.15) is 0 Å². The van der Waals surface area contributed by atoms with Crippen LogP contribution in [0.3, 0.4) is 0 Å². The molecule has 0 saturated heterocycles. The predicted molar refractivity (Wildman–Crippen MR) is 98.4 cm³/mol. The molecule has 3 fully saturated rings. The molecule has 3 saturated carbocycles. The maximum atomic E-state index is 8.78. The van der Waals surface area contributed by atoms with Gasteiger partial charge in [0.1, 0.15) is 0 Å². The van der Waals surface area contributed by atoms with E-state index in [2.05, 4.69) is 36.9 Å². The molecule has 0 aromatic carbocycles. The Labute approximate surface area is 146 Å². The van der Waals surface area contributed by atoms with Gasteiger partial charge in [0.15, 0.2) is 0 Å². The maximum Gasteiger partial charge on any atom is 0.0411 e. The van der Waals surface area contributed by atoms with Gasteiger partial charge in [0.05, 0.1) is 0 Å². The minimum Gasteiger partial charge on any atom is -0.0903 e. The van der Waals surface area contributed by atoms with Crippen molar-refractivity contribution >= 4 is 0 Å². The Balaban J connectivity index is 1.62. The zero-order valence-corrected chi connectivity index (χ0v) is 15.7. The summed E-state index contributed by atoms with van der Waals surface area (Å²) in [6, 6.07) is 0.204. The van der Waals surface area contributed by atoms with Crippen LogP contribution in [-0.4, -0.2) is 6.04 Å². The summed E-state index contributed by atoms with van der Waals surface area (Å²) >= 11 is 0. The van der Waals surface area contributed by atoms with Gasteiger partial charge in [0, 0.05) is 11.0 Å². The number of nitrogens with zero attached hydrogens (tertiary/aromatic N) is 3. The topological polar surface area (TPSA) is 48.8 Å². The standard InChI is InChI=1S/C21H33N3/c1-4-14-6-8-18-17-7-5-15-13-16(23-24-22)9-11-21(15,3)19(17)10-12-20(14,18)2/h5,14,16-19H,4,6-13H2,1-3H3/t14-,16+,17?,18?,19?,20+,21-/m0/s1. The summed E-state index contributed by atoms with van der Waals surface area (Å²) in [5, 5.41) is 4.03.